The average Bonchev–Trinajstić information content (AvgIpc) is 4.16. The first-order valence-corrected chi connectivity index (χ1v) is 29.3. The fourth-order valence-electron chi connectivity index (χ4n) is 17.2. The van der Waals surface area contributed by atoms with E-state index in [-0.39, 0.29) is 75.5 Å². The van der Waals surface area contributed by atoms with E-state index in [0.29, 0.717) is 48.9 Å². The summed E-state index contributed by atoms with van der Waals surface area (Å²) in [6.45, 7) is 8.13. The number of benzene rings is 2. The molecule has 18 atom stereocenters. The Labute approximate surface area is 472 Å². The van der Waals surface area contributed by atoms with Crippen LogP contribution in [0.25, 0.3) is 0 Å². The summed E-state index contributed by atoms with van der Waals surface area (Å²) in [5.41, 5.74) is -3.24. The lowest BCUT2D eigenvalue weighted by Crippen LogP contribution is -2.62. The maximum absolute atomic E-state index is 15.2. The zero-order chi connectivity index (χ0) is 57.2. The van der Waals surface area contributed by atoms with Gasteiger partial charge in [0.05, 0.1) is 50.5 Å². The summed E-state index contributed by atoms with van der Waals surface area (Å²) >= 11 is 1.46. The number of hydrogen-bond donors (Lipinski definition) is 2. The van der Waals surface area contributed by atoms with E-state index in [1.807, 2.05) is 32.1 Å². The van der Waals surface area contributed by atoms with Gasteiger partial charge in [0, 0.05) is 82.6 Å². The number of halogens is 2. The number of hydrogen-bond acceptors (Lipinski definition) is 16. The Morgan fingerprint density at radius 1 is 0.725 bits per heavy atom. The molecule has 80 heavy (non-hydrogen) atoms. The average molecular weight is 1140 g/mol. The predicted octanol–water partition coefficient (Wildman–Crippen LogP) is 9.48. The van der Waals surface area contributed by atoms with Crippen molar-refractivity contribution in [1.29, 1.82) is 5.26 Å². The van der Waals surface area contributed by atoms with Crippen molar-refractivity contribution in [3.63, 3.8) is 0 Å². The van der Waals surface area contributed by atoms with Gasteiger partial charge in [-0.15, -0.1) is 0 Å². The third kappa shape index (κ3) is 8.33. The first-order valence-electron chi connectivity index (χ1n) is 27.5. The predicted molar refractivity (Wildman–Crippen MR) is 290 cm³/mol. The summed E-state index contributed by atoms with van der Waals surface area (Å²) in [5.74, 6) is -0.795. The maximum atomic E-state index is 15.2. The van der Waals surface area contributed by atoms with Gasteiger partial charge in [-0.2, -0.15) is 5.26 Å². The standard InChI is InChI=1S/C31H36FNO7S.C30H32FNO6S/c1-29-11-10-17(34)12-16(29)6-8-19-21-14-24-31(27(36)41-28(37)33(3)4,30(21,2)15-23(35)25(19)29)40-26(39-24)20-9-7-18(38-5)13-22(20)32;1-28-9-8-17(33)12-16(28)4-6-19-21-14-24-30(27(35)39-11-10-32,29(21,2)15-23(34)25(19)28)38-26(37-24)20-7-5-18(36-3)13-22(20)31/h7,9-13,19,21,23-26,35H,6,8,14-15H2,1-5H3;5,7-9,12-13,19,21,23-26,34H,4,6,11,14-15H2,1-3H3/t19-,21-,23-,24+,25+,26?,29-,30-,31-;19-,21-,23-,24+,25+,26?,28-,29-,30-/m00/s1. The number of aliphatic hydroxyl groups excluding tert-OH is 2. The van der Waals surface area contributed by atoms with Gasteiger partial charge in [0.25, 0.3) is 5.24 Å². The summed E-state index contributed by atoms with van der Waals surface area (Å²) in [4.78, 5) is 66.6. The van der Waals surface area contributed by atoms with Gasteiger partial charge in [-0.3, -0.25) is 24.0 Å². The number of fused-ring (bicyclic) bond motifs is 14. The molecular weight excluding hydrogens is 1070 g/mol. The van der Waals surface area contributed by atoms with E-state index < -0.39 is 91.8 Å². The molecule has 6 saturated carbocycles. The summed E-state index contributed by atoms with van der Waals surface area (Å²) < 4.78 is 66.4. The molecule has 2 saturated heterocycles. The van der Waals surface area contributed by atoms with E-state index in [4.69, 9.17) is 28.4 Å². The molecule has 8 aliphatic carbocycles. The lowest BCUT2D eigenvalue weighted by molar-refractivity contribution is -0.195. The van der Waals surface area contributed by atoms with Gasteiger partial charge < -0.3 is 43.5 Å². The van der Waals surface area contributed by atoms with Crippen molar-refractivity contribution in [2.24, 2.45) is 57.2 Å². The number of aliphatic hydroxyl groups is 2. The normalized spacial score (nSPS) is 41.3. The molecule has 0 spiro atoms. The Kier molecular flexibility index (Phi) is 14.5. The van der Waals surface area contributed by atoms with Crippen molar-refractivity contribution in [2.75, 3.05) is 34.1 Å². The number of ether oxygens (including phenoxy) is 6. The first-order chi connectivity index (χ1) is 37.9. The van der Waals surface area contributed by atoms with Gasteiger partial charge in [0.2, 0.25) is 10.2 Å². The number of nitriles is 1. The lowest BCUT2D eigenvalue weighted by Gasteiger charge is -2.59. The van der Waals surface area contributed by atoms with Gasteiger partial charge >= 0.3 is 0 Å². The third-order valence-electron chi connectivity index (χ3n) is 20.8. The number of amides is 1. The van der Waals surface area contributed by atoms with Crippen molar-refractivity contribution in [3.8, 4) is 17.6 Å². The molecule has 10 aliphatic rings. The number of rotatable bonds is 7. The monoisotopic (exact) mass is 1140 g/mol. The van der Waals surface area contributed by atoms with Crippen LogP contribution in [-0.4, -0.2) is 112 Å². The highest BCUT2D eigenvalue weighted by Gasteiger charge is 2.78. The minimum absolute atomic E-state index is 0.00592. The topological polar surface area (TPSA) is 208 Å². The van der Waals surface area contributed by atoms with Crippen LogP contribution in [0.5, 0.6) is 11.5 Å². The molecule has 2 N–H and O–H groups in total. The van der Waals surface area contributed by atoms with Crippen molar-refractivity contribution in [2.45, 2.75) is 127 Å². The van der Waals surface area contributed by atoms with Crippen LogP contribution in [0.3, 0.4) is 0 Å². The van der Waals surface area contributed by atoms with Crippen LogP contribution in [0, 0.1) is 80.1 Å². The molecule has 2 unspecified atom stereocenters. The van der Waals surface area contributed by atoms with Crippen LogP contribution in [0.2, 0.25) is 0 Å². The number of carbonyl (C=O) groups is 5. The number of nitrogens with zero attached hydrogens (tertiary/aromatic N) is 2. The van der Waals surface area contributed by atoms with Gasteiger partial charge in [-0.25, -0.2) is 8.78 Å². The van der Waals surface area contributed by atoms with Crippen LogP contribution in [0.1, 0.15) is 103 Å². The van der Waals surface area contributed by atoms with E-state index in [2.05, 4.69) is 13.8 Å². The number of methoxy groups -OCH3 is 2. The zero-order valence-electron chi connectivity index (χ0n) is 46.1. The van der Waals surface area contributed by atoms with E-state index in [1.165, 1.54) is 37.3 Å². The Morgan fingerprint density at radius 3 is 1.56 bits per heavy atom. The summed E-state index contributed by atoms with van der Waals surface area (Å²) in [6.07, 6.45) is 9.78. The molecule has 0 bridgehead atoms. The highest BCUT2D eigenvalue weighted by Crippen LogP contribution is 2.73. The summed E-state index contributed by atoms with van der Waals surface area (Å²) in [7, 11) is 6.05. The van der Waals surface area contributed by atoms with Gasteiger partial charge in [-0.1, -0.05) is 62.8 Å². The molecule has 12 rings (SSSR count). The highest BCUT2D eigenvalue weighted by molar-refractivity contribution is 8.26. The van der Waals surface area contributed by atoms with Gasteiger partial charge in [0.15, 0.2) is 35.3 Å². The van der Waals surface area contributed by atoms with Crippen molar-refractivity contribution >= 4 is 50.6 Å². The van der Waals surface area contributed by atoms with Gasteiger partial charge in [0.1, 0.15) is 23.1 Å². The molecule has 1 amide bonds. The van der Waals surface area contributed by atoms with Gasteiger partial charge in [-0.05, 0) is 124 Å². The van der Waals surface area contributed by atoms with Crippen LogP contribution in [0.4, 0.5) is 13.6 Å². The largest absolute Gasteiger partial charge is 0.497 e. The second kappa shape index (κ2) is 20.4. The minimum Gasteiger partial charge on any atom is -0.497 e. The van der Waals surface area contributed by atoms with E-state index >= 15 is 8.78 Å². The zero-order valence-corrected chi connectivity index (χ0v) is 47.7. The van der Waals surface area contributed by atoms with E-state index in [1.54, 1.807) is 56.6 Å². The van der Waals surface area contributed by atoms with Crippen LogP contribution < -0.4 is 9.47 Å². The van der Waals surface area contributed by atoms with Crippen molar-refractivity contribution in [3.05, 3.63) is 107 Å². The fraction of sp³-hybridized carbons (Fsp3) is 0.574. The van der Waals surface area contributed by atoms with Crippen molar-refractivity contribution < 1.29 is 71.4 Å². The highest BCUT2D eigenvalue weighted by atomic mass is 32.2. The Balaban J connectivity index is 0.000000169. The number of carbonyl (C=O) groups excluding carboxylic acids is 5. The fourth-order valence-corrected chi connectivity index (χ4v) is 18.9. The SMILES string of the molecule is COc1ccc(C2O[C@@H]3C[C@H]4[C@@H]5CCC6=CC(=O)C=C[C@]6(C)[C@H]5[C@@H](O)C[C@]4(C)[C@]3(C(=O)SC(=O)N(C)C)O2)c(F)c1.COc1ccc(C2O[C@@H]3C[C@H]4[C@@H]5CCC6=CC(=O)C=C[C@]6(C)[C@H]5[C@@H](O)C[C@]4(C)[C@]3(C(=O)SCC#N)O2)c(F)c1. The first kappa shape index (κ1) is 56.8. The van der Waals surface area contributed by atoms with Crippen LogP contribution >= 0.6 is 23.5 Å². The molecule has 19 heteroatoms. The summed E-state index contributed by atoms with van der Waals surface area (Å²) in [6, 6.07) is 10.8. The number of ketones is 2. The third-order valence-corrected chi connectivity index (χ3v) is 22.7. The molecular formula is C61H68F2N2O13S2. The second-order valence-corrected chi connectivity index (χ2v) is 26.4. The molecule has 8 fully saturated rings. The second-order valence-electron chi connectivity index (χ2n) is 24.6. The Hall–Kier alpha value is -5.04. The van der Waals surface area contributed by atoms with E-state index in [0.717, 1.165) is 42.2 Å². The Bertz CT molecular complexity index is 3120. The molecule has 2 aromatic carbocycles. The number of allylic oxidation sites excluding steroid dienone is 8. The molecule has 15 nitrogen and oxygen atoms in total. The van der Waals surface area contributed by atoms with E-state index in [9.17, 15) is 39.4 Å². The maximum Gasteiger partial charge on any atom is 0.288 e. The Morgan fingerprint density at radius 2 is 1.16 bits per heavy atom. The van der Waals surface area contributed by atoms with Crippen LogP contribution in [0.15, 0.2) is 84.0 Å². The smallest absolute Gasteiger partial charge is 0.288 e. The lowest BCUT2D eigenvalue weighted by atomic mass is 9.46. The summed E-state index contributed by atoms with van der Waals surface area (Å²) in [5, 5.41) is 31.6. The molecule has 2 heterocycles. The quantitative estimate of drug-likeness (QED) is 0.265. The molecule has 2 aromatic rings. The molecule has 0 aromatic heterocycles. The number of thioether (sulfide) groups is 2. The van der Waals surface area contributed by atoms with Crippen LogP contribution in [-0.2, 0) is 38.1 Å². The minimum atomic E-state index is -1.58. The molecule has 0 radical (unpaired) electrons. The molecule has 426 valence electrons. The molecule has 2 aliphatic heterocycles. The van der Waals surface area contributed by atoms with Crippen molar-refractivity contribution in [1.82, 2.24) is 4.90 Å².